The average Bonchev–Trinajstić information content (AvgIpc) is 2.54. The molecule has 0 heterocycles. The van der Waals surface area contributed by atoms with Crippen molar-refractivity contribution in [2.75, 3.05) is 27.2 Å². The van der Waals surface area contributed by atoms with E-state index in [-0.39, 0.29) is 23.7 Å². The number of hydrogen-bond acceptors (Lipinski definition) is 3. The smallest absolute Gasteiger partial charge is 0.233 e. The second kappa shape index (κ2) is 9.01. The number of ether oxygens (including phenoxy) is 1. The highest BCUT2D eigenvalue weighted by atomic mass is 35.5. The summed E-state index contributed by atoms with van der Waals surface area (Å²) in [5.41, 5.74) is 1.39. The van der Waals surface area contributed by atoms with Gasteiger partial charge in [0.1, 0.15) is 5.75 Å². The Kier molecular flexibility index (Phi) is 7.69. The number of rotatable bonds is 6. The predicted molar refractivity (Wildman–Crippen MR) is 91.9 cm³/mol. The molecule has 1 aliphatic rings. The zero-order valence-corrected chi connectivity index (χ0v) is 14.3. The van der Waals surface area contributed by atoms with Gasteiger partial charge in [-0.3, -0.25) is 4.79 Å². The third kappa shape index (κ3) is 4.62. The van der Waals surface area contributed by atoms with Crippen LogP contribution in [0.3, 0.4) is 0 Å². The molecule has 1 aliphatic carbocycles. The lowest BCUT2D eigenvalue weighted by Crippen LogP contribution is -2.44. The first-order valence-electron chi connectivity index (χ1n) is 7.76. The first kappa shape index (κ1) is 18.8. The van der Waals surface area contributed by atoms with Crippen LogP contribution in [0.2, 0.25) is 0 Å². The van der Waals surface area contributed by atoms with Crippen LogP contribution < -0.4 is 15.4 Å². The fraction of sp³-hybridized carbons (Fsp3) is 0.588. The molecule has 2 N–H and O–H groups in total. The third-order valence-electron chi connectivity index (χ3n) is 4.47. The molecule has 0 radical (unpaired) electrons. The normalized spacial score (nSPS) is 16.5. The average molecular weight is 327 g/mol. The second-order valence-corrected chi connectivity index (χ2v) is 5.88. The number of carbonyl (C=O) groups excluding carboxylic acids is 1. The number of nitrogens with one attached hydrogen (secondary N) is 2. The largest absolute Gasteiger partial charge is 0.497 e. The lowest BCUT2D eigenvalue weighted by molar-refractivity contribution is -0.120. The molecule has 124 valence electrons. The Labute approximate surface area is 139 Å². The number of likely N-dealkylation sites (N-methyl/N-ethyl adjacent to an activating group) is 1. The summed E-state index contributed by atoms with van der Waals surface area (Å²) in [6.45, 7) is 1.10. The first-order chi connectivity index (χ1) is 10.2. The Morgan fingerprint density at radius 2 is 1.82 bits per heavy atom. The van der Waals surface area contributed by atoms with Crippen LogP contribution in [0, 0.1) is 0 Å². The van der Waals surface area contributed by atoms with Gasteiger partial charge in [-0.2, -0.15) is 0 Å². The fourth-order valence-electron chi connectivity index (χ4n) is 3.23. The van der Waals surface area contributed by atoms with Crippen LogP contribution in [-0.2, 0) is 10.2 Å². The molecule has 0 saturated heterocycles. The van der Waals surface area contributed by atoms with Crippen molar-refractivity contribution in [1.29, 1.82) is 0 Å². The molecule has 1 saturated carbocycles. The van der Waals surface area contributed by atoms with E-state index >= 15 is 0 Å². The summed E-state index contributed by atoms with van der Waals surface area (Å²) in [5.74, 6) is 0.944. The van der Waals surface area contributed by atoms with Gasteiger partial charge in [0.25, 0.3) is 0 Å². The zero-order valence-electron chi connectivity index (χ0n) is 13.5. The van der Waals surface area contributed by atoms with Crippen molar-refractivity contribution in [3.63, 3.8) is 0 Å². The van der Waals surface area contributed by atoms with Crippen molar-refractivity contribution in [3.8, 4) is 5.75 Å². The molecule has 4 nitrogen and oxygen atoms in total. The summed E-state index contributed by atoms with van der Waals surface area (Å²) < 4.78 is 5.24. The van der Waals surface area contributed by atoms with E-state index in [1.54, 1.807) is 14.2 Å². The fourth-order valence-corrected chi connectivity index (χ4v) is 3.23. The van der Waals surface area contributed by atoms with E-state index in [2.05, 4.69) is 22.8 Å². The van der Waals surface area contributed by atoms with Crippen LogP contribution in [0.1, 0.15) is 37.7 Å². The lowest BCUT2D eigenvalue weighted by atomic mass is 9.69. The molecule has 0 aromatic heterocycles. The van der Waals surface area contributed by atoms with Gasteiger partial charge < -0.3 is 15.4 Å². The van der Waals surface area contributed by atoms with Crippen molar-refractivity contribution in [2.24, 2.45) is 0 Å². The van der Waals surface area contributed by atoms with Crippen LogP contribution in [0.5, 0.6) is 5.75 Å². The number of carbonyl (C=O) groups is 1. The highest BCUT2D eigenvalue weighted by molar-refractivity contribution is 5.85. The summed E-state index contributed by atoms with van der Waals surface area (Å²) in [6.07, 6.45) is 6.03. The van der Waals surface area contributed by atoms with Crippen molar-refractivity contribution in [3.05, 3.63) is 29.8 Å². The topological polar surface area (TPSA) is 50.4 Å². The number of benzene rings is 1. The summed E-state index contributed by atoms with van der Waals surface area (Å²) in [7, 11) is 3.47. The maximum absolute atomic E-state index is 11.8. The first-order valence-corrected chi connectivity index (χ1v) is 7.76. The molecule has 1 aromatic rings. The second-order valence-electron chi connectivity index (χ2n) is 5.88. The molecule has 1 fully saturated rings. The molecule has 5 heteroatoms. The van der Waals surface area contributed by atoms with Gasteiger partial charge in [-0.1, -0.05) is 31.4 Å². The van der Waals surface area contributed by atoms with Gasteiger partial charge in [0.15, 0.2) is 0 Å². The number of methoxy groups -OCH3 is 1. The van der Waals surface area contributed by atoms with Gasteiger partial charge in [-0.05, 0) is 37.6 Å². The van der Waals surface area contributed by atoms with Gasteiger partial charge in [-0.25, -0.2) is 0 Å². The molecule has 1 aromatic carbocycles. The van der Waals surface area contributed by atoms with Crippen molar-refractivity contribution >= 4 is 18.3 Å². The molecule has 0 bridgehead atoms. The molecule has 2 rings (SSSR count). The highest BCUT2D eigenvalue weighted by Gasteiger charge is 2.34. The van der Waals surface area contributed by atoms with Gasteiger partial charge in [0, 0.05) is 12.0 Å². The number of hydrogen-bond donors (Lipinski definition) is 2. The number of halogens is 1. The maximum atomic E-state index is 11.8. The Balaban J connectivity index is 0.00000242. The van der Waals surface area contributed by atoms with Gasteiger partial charge in [0.2, 0.25) is 5.91 Å². The minimum Gasteiger partial charge on any atom is -0.497 e. The van der Waals surface area contributed by atoms with Crippen LogP contribution in [0.15, 0.2) is 24.3 Å². The monoisotopic (exact) mass is 326 g/mol. The quantitative estimate of drug-likeness (QED) is 0.845. The van der Waals surface area contributed by atoms with E-state index in [4.69, 9.17) is 4.74 Å². The van der Waals surface area contributed by atoms with Gasteiger partial charge in [-0.15, -0.1) is 12.4 Å². The zero-order chi connectivity index (χ0) is 15.1. The SMILES string of the molecule is CNCC(=O)NCC1(c2ccc(OC)cc2)CCCCC1.Cl. The van der Waals surface area contributed by atoms with E-state index in [1.807, 2.05) is 12.1 Å². The minimum absolute atomic E-state index is 0. The van der Waals surface area contributed by atoms with Crippen LogP contribution in [0.4, 0.5) is 0 Å². The minimum atomic E-state index is 0. The molecule has 0 atom stereocenters. The maximum Gasteiger partial charge on any atom is 0.233 e. The van der Waals surface area contributed by atoms with E-state index in [9.17, 15) is 4.79 Å². The molecule has 0 unspecified atom stereocenters. The van der Waals surface area contributed by atoms with E-state index in [0.29, 0.717) is 6.54 Å². The van der Waals surface area contributed by atoms with Crippen molar-refractivity contribution < 1.29 is 9.53 Å². The van der Waals surface area contributed by atoms with Crippen molar-refractivity contribution in [1.82, 2.24) is 10.6 Å². The van der Waals surface area contributed by atoms with E-state index in [1.165, 1.54) is 24.8 Å². The molecular weight excluding hydrogens is 300 g/mol. The molecule has 0 aliphatic heterocycles. The molecule has 22 heavy (non-hydrogen) atoms. The third-order valence-corrected chi connectivity index (χ3v) is 4.47. The molecular formula is C17H27ClN2O2. The summed E-state index contributed by atoms with van der Waals surface area (Å²) >= 11 is 0. The van der Waals surface area contributed by atoms with Crippen LogP contribution in [-0.4, -0.2) is 33.2 Å². The number of amides is 1. The summed E-state index contributed by atoms with van der Waals surface area (Å²) in [4.78, 5) is 11.8. The Morgan fingerprint density at radius 1 is 1.18 bits per heavy atom. The predicted octanol–water partition coefficient (Wildman–Crippen LogP) is 2.65. The summed E-state index contributed by atoms with van der Waals surface area (Å²) in [6, 6.07) is 8.32. The van der Waals surface area contributed by atoms with E-state index < -0.39 is 0 Å². The van der Waals surface area contributed by atoms with Crippen LogP contribution >= 0.6 is 12.4 Å². The highest BCUT2D eigenvalue weighted by Crippen LogP contribution is 2.39. The molecule has 0 spiro atoms. The Hall–Kier alpha value is -1.26. The molecule has 1 amide bonds. The van der Waals surface area contributed by atoms with Gasteiger partial charge >= 0.3 is 0 Å². The standard InChI is InChI=1S/C17H26N2O2.ClH/c1-18-12-16(20)19-13-17(10-4-3-5-11-17)14-6-8-15(21-2)9-7-14;/h6-9,18H,3-5,10-13H2,1-2H3,(H,19,20);1H. The Morgan fingerprint density at radius 3 is 2.36 bits per heavy atom. The van der Waals surface area contributed by atoms with Crippen LogP contribution in [0.25, 0.3) is 0 Å². The van der Waals surface area contributed by atoms with Crippen molar-refractivity contribution in [2.45, 2.75) is 37.5 Å². The van der Waals surface area contributed by atoms with Gasteiger partial charge in [0.05, 0.1) is 13.7 Å². The lowest BCUT2D eigenvalue weighted by Gasteiger charge is -2.38. The van der Waals surface area contributed by atoms with E-state index in [0.717, 1.165) is 25.1 Å². The Bertz CT molecular complexity index is 456. The summed E-state index contributed by atoms with van der Waals surface area (Å²) in [5, 5.41) is 5.98.